The van der Waals surface area contributed by atoms with E-state index in [0.29, 0.717) is 19.4 Å². The summed E-state index contributed by atoms with van der Waals surface area (Å²) in [6.07, 6.45) is -3.90. The first-order valence-electron chi connectivity index (χ1n) is 10.2. The Morgan fingerprint density at radius 2 is 1.89 bits per heavy atom. The number of aliphatic hydroxyl groups excluding tert-OH is 2. The number of carbonyl (C=O) groups is 1. The van der Waals surface area contributed by atoms with Crippen LogP contribution in [0.5, 0.6) is 0 Å². The number of hydrogen-bond acceptors (Lipinski definition) is 8. The Hall–Kier alpha value is -0.770. The normalized spacial score (nSPS) is 64.0. The second kappa shape index (κ2) is 4.60. The highest BCUT2D eigenvalue weighted by Crippen LogP contribution is 2.84. The Morgan fingerprint density at radius 3 is 2.57 bits per heavy atom. The molecule has 6 aliphatic rings. The molecule has 0 radical (unpaired) electrons. The summed E-state index contributed by atoms with van der Waals surface area (Å²) >= 11 is 0. The first-order chi connectivity index (χ1) is 13.0. The third-order valence-electron chi connectivity index (χ3n) is 9.12. The Balaban J connectivity index is 1.67. The van der Waals surface area contributed by atoms with Gasteiger partial charge in [-0.3, -0.25) is 0 Å². The van der Waals surface area contributed by atoms with Crippen LogP contribution in [0.4, 0.5) is 0 Å². The molecule has 3 N–H and O–H groups in total. The zero-order valence-electron chi connectivity index (χ0n) is 16.5. The van der Waals surface area contributed by atoms with E-state index >= 15 is 0 Å². The number of rotatable bonds is 0. The van der Waals surface area contributed by atoms with Crippen molar-refractivity contribution in [1.29, 1.82) is 0 Å². The van der Waals surface area contributed by atoms with Gasteiger partial charge in [0, 0.05) is 5.92 Å². The molecular weight excluding hydrogens is 368 g/mol. The third-order valence-corrected chi connectivity index (χ3v) is 9.12. The lowest BCUT2D eigenvalue weighted by Gasteiger charge is -2.48. The number of esters is 1. The van der Waals surface area contributed by atoms with Crippen molar-refractivity contribution in [1.82, 2.24) is 0 Å². The summed E-state index contributed by atoms with van der Waals surface area (Å²) in [5.41, 5.74) is -5.56. The largest absolute Gasteiger partial charge is 0.459 e. The molecular formula is C20H28O8. The molecule has 28 heavy (non-hydrogen) atoms. The SMILES string of the molecule is C[C@@H]1COC2CC34C5C[C@@H](C(C)(C)C)C36C(O[C@H](O)[C@@H]6O)O[C@@]4(C(=O)O5)[C@]21O. The second-order valence-electron chi connectivity index (χ2n) is 10.8. The fraction of sp³-hybridized carbons (Fsp3) is 0.950. The molecule has 6 rings (SSSR count). The van der Waals surface area contributed by atoms with Gasteiger partial charge < -0.3 is 34.3 Å². The minimum Gasteiger partial charge on any atom is -0.459 e. The molecule has 0 bridgehead atoms. The van der Waals surface area contributed by atoms with Crippen molar-refractivity contribution in [3.05, 3.63) is 0 Å². The zero-order chi connectivity index (χ0) is 20.1. The highest BCUT2D eigenvalue weighted by Gasteiger charge is 2.99. The fourth-order valence-corrected chi connectivity index (χ4v) is 8.30. The predicted molar refractivity (Wildman–Crippen MR) is 91.5 cm³/mol. The van der Waals surface area contributed by atoms with Gasteiger partial charge in [0.05, 0.1) is 23.5 Å². The Kier molecular flexibility index (Phi) is 2.96. The van der Waals surface area contributed by atoms with E-state index in [4.69, 9.17) is 18.9 Å². The van der Waals surface area contributed by atoms with Crippen LogP contribution in [0.1, 0.15) is 40.5 Å². The van der Waals surface area contributed by atoms with Crippen LogP contribution in [0, 0.1) is 28.1 Å². The van der Waals surface area contributed by atoms with Gasteiger partial charge in [-0.25, -0.2) is 4.79 Å². The molecule has 156 valence electrons. The van der Waals surface area contributed by atoms with Crippen LogP contribution in [0.2, 0.25) is 0 Å². The van der Waals surface area contributed by atoms with E-state index in [1.165, 1.54) is 0 Å². The molecule has 8 nitrogen and oxygen atoms in total. The van der Waals surface area contributed by atoms with Gasteiger partial charge in [-0.1, -0.05) is 27.7 Å². The van der Waals surface area contributed by atoms with Crippen molar-refractivity contribution in [2.24, 2.45) is 28.1 Å². The van der Waals surface area contributed by atoms with E-state index in [2.05, 4.69) is 20.8 Å². The molecule has 4 aliphatic heterocycles. The summed E-state index contributed by atoms with van der Waals surface area (Å²) in [4.78, 5) is 13.3. The van der Waals surface area contributed by atoms with Gasteiger partial charge in [0.25, 0.3) is 0 Å². The molecule has 8 heteroatoms. The molecule has 2 aliphatic carbocycles. The number of aliphatic hydroxyl groups is 3. The van der Waals surface area contributed by atoms with Crippen molar-refractivity contribution in [3.8, 4) is 0 Å². The monoisotopic (exact) mass is 396 g/mol. The van der Waals surface area contributed by atoms with Gasteiger partial charge in [-0.05, 0) is 24.2 Å². The topological polar surface area (TPSA) is 115 Å². The third kappa shape index (κ3) is 1.34. The average molecular weight is 396 g/mol. The first-order valence-corrected chi connectivity index (χ1v) is 10.2. The molecule has 5 unspecified atom stereocenters. The highest BCUT2D eigenvalue weighted by atomic mass is 16.8. The zero-order valence-corrected chi connectivity index (χ0v) is 16.5. The van der Waals surface area contributed by atoms with E-state index in [0.717, 1.165) is 0 Å². The van der Waals surface area contributed by atoms with Gasteiger partial charge >= 0.3 is 5.97 Å². The predicted octanol–water partition coefficient (Wildman–Crippen LogP) is -0.0751. The van der Waals surface area contributed by atoms with Gasteiger partial charge in [0.2, 0.25) is 5.60 Å². The molecule has 11 atom stereocenters. The van der Waals surface area contributed by atoms with Crippen LogP contribution < -0.4 is 0 Å². The summed E-state index contributed by atoms with van der Waals surface area (Å²) in [6, 6.07) is 0. The van der Waals surface area contributed by atoms with E-state index in [1.807, 2.05) is 6.92 Å². The molecule has 6 fully saturated rings. The molecule has 4 saturated heterocycles. The Morgan fingerprint density at radius 1 is 1.18 bits per heavy atom. The summed E-state index contributed by atoms with van der Waals surface area (Å²) in [7, 11) is 0. The first kappa shape index (κ1) is 18.0. The van der Waals surface area contributed by atoms with Gasteiger partial charge in [0.15, 0.2) is 12.6 Å². The van der Waals surface area contributed by atoms with Crippen molar-refractivity contribution in [2.75, 3.05) is 6.61 Å². The van der Waals surface area contributed by atoms with E-state index < -0.39 is 58.9 Å². The standard InChI is InChI=1S/C20H28O8/c1-8-7-25-11-6-17-10-5-9(16(2,3)4)18(17)12(21)13(22)27-15(18)28-20(17,14(23)26-10)19(8,11)24/h8-13,15,21-22,24H,5-7H2,1-4H3/t8-,9+,10?,11?,12+,13+,15?,17?,18?,19-,20-/m1/s1. The number of fused-ring (bicyclic) bond motifs is 1. The molecule has 0 amide bonds. The van der Waals surface area contributed by atoms with Crippen LogP contribution in [0.15, 0.2) is 0 Å². The van der Waals surface area contributed by atoms with E-state index in [1.54, 1.807) is 0 Å². The minimum absolute atomic E-state index is 0.144. The Labute approximate surface area is 163 Å². The fourth-order valence-electron chi connectivity index (χ4n) is 8.30. The smallest absolute Gasteiger partial charge is 0.342 e. The number of carbonyl (C=O) groups excluding carboxylic acids is 1. The maximum absolute atomic E-state index is 13.3. The number of ether oxygens (including phenoxy) is 4. The van der Waals surface area contributed by atoms with Crippen LogP contribution in [0.3, 0.4) is 0 Å². The van der Waals surface area contributed by atoms with Crippen molar-refractivity contribution >= 4 is 5.97 Å². The number of hydrogen-bond donors (Lipinski definition) is 3. The highest BCUT2D eigenvalue weighted by molar-refractivity contribution is 5.89. The summed E-state index contributed by atoms with van der Waals surface area (Å²) < 4.78 is 23.9. The maximum Gasteiger partial charge on any atom is 0.342 e. The van der Waals surface area contributed by atoms with E-state index in [-0.39, 0.29) is 17.3 Å². The van der Waals surface area contributed by atoms with Crippen LogP contribution >= 0.6 is 0 Å². The molecule has 4 heterocycles. The Bertz CT molecular complexity index is 779. The molecule has 2 spiro atoms. The average Bonchev–Trinajstić information content (AvgIpc) is 3.31. The maximum atomic E-state index is 13.3. The van der Waals surface area contributed by atoms with E-state index in [9.17, 15) is 20.1 Å². The summed E-state index contributed by atoms with van der Waals surface area (Å²) in [5, 5.41) is 33.7. The van der Waals surface area contributed by atoms with Gasteiger partial charge in [-0.2, -0.15) is 0 Å². The van der Waals surface area contributed by atoms with Crippen molar-refractivity contribution in [3.63, 3.8) is 0 Å². The molecule has 0 aromatic rings. The minimum atomic E-state index is -1.66. The van der Waals surface area contributed by atoms with Gasteiger partial charge in [-0.15, -0.1) is 0 Å². The van der Waals surface area contributed by atoms with Crippen LogP contribution in [0.25, 0.3) is 0 Å². The lowest BCUT2D eigenvalue weighted by atomic mass is 9.51. The van der Waals surface area contributed by atoms with Crippen molar-refractivity contribution in [2.45, 2.75) is 82.6 Å². The summed E-state index contributed by atoms with van der Waals surface area (Å²) in [5.74, 6) is -1.07. The van der Waals surface area contributed by atoms with Crippen molar-refractivity contribution < 1.29 is 39.1 Å². The van der Waals surface area contributed by atoms with Crippen LogP contribution in [-0.2, 0) is 23.7 Å². The van der Waals surface area contributed by atoms with Gasteiger partial charge in [0.1, 0.15) is 17.8 Å². The molecule has 0 aromatic heterocycles. The lowest BCUT2D eigenvalue weighted by molar-refractivity contribution is -0.263. The quantitative estimate of drug-likeness (QED) is 0.488. The van der Waals surface area contributed by atoms with Crippen LogP contribution in [-0.4, -0.2) is 70.0 Å². The molecule has 0 aromatic carbocycles. The lowest BCUT2D eigenvalue weighted by Crippen LogP contribution is -2.66. The summed E-state index contributed by atoms with van der Waals surface area (Å²) in [6.45, 7) is 8.39. The molecule has 2 saturated carbocycles. The second-order valence-corrected chi connectivity index (χ2v) is 10.8.